The highest BCUT2D eigenvalue weighted by Crippen LogP contribution is 2.19. The fraction of sp³-hybridized carbons (Fsp3) is 1.00. The van der Waals surface area contributed by atoms with E-state index in [2.05, 4.69) is 15.9 Å². The molecule has 0 saturated carbocycles. The highest BCUT2D eigenvalue weighted by atomic mass is 79.9. The summed E-state index contributed by atoms with van der Waals surface area (Å²) >= 11 is 12.7. The minimum Gasteiger partial charge on any atom is -0.0931 e. The van der Waals surface area contributed by atoms with Crippen molar-refractivity contribution >= 4 is 45.7 Å². The third-order valence-electron chi connectivity index (χ3n) is 0. The molecule has 0 heterocycles. The smallest absolute Gasteiger partial charge is 0.0713 e. The number of rotatable bonds is 0. The highest BCUT2D eigenvalue weighted by Gasteiger charge is 1.41. The quantitative estimate of drug-likeness (QED) is 0.426. The number of alkyl halides is 1. The van der Waals surface area contributed by atoms with Crippen LogP contribution in [0.1, 0.15) is 6.92 Å². The van der Waals surface area contributed by atoms with Gasteiger partial charge in [-0.3, -0.25) is 0 Å². The lowest BCUT2D eigenvalue weighted by Crippen LogP contribution is -1.34. The van der Waals surface area contributed by atoms with Gasteiger partial charge in [0.15, 0.2) is 0 Å². The largest absolute Gasteiger partial charge is 0.0931 e. The minimum atomic E-state index is 0.0278. The van der Waals surface area contributed by atoms with Crippen LogP contribution in [0.4, 0.5) is 0 Å². The molecule has 0 fully saturated rings. The summed E-state index contributed by atoms with van der Waals surface area (Å²) in [6.07, 6.45) is 0. The summed E-state index contributed by atoms with van der Waals surface area (Å²) in [4.78, 5) is 0. The lowest BCUT2D eigenvalue weighted by atomic mass is 11.0. The minimum absolute atomic E-state index is 0.0278. The van der Waals surface area contributed by atoms with Gasteiger partial charge in [-0.15, -0.1) is 0 Å². The monoisotopic (exact) mass is 210 g/mol. The normalized spacial score (nSPS) is 6.00. The summed E-state index contributed by atoms with van der Waals surface area (Å²) in [6.45, 7) is 2.04. The van der Waals surface area contributed by atoms with E-state index in [9.17, 15) is 0 Å². The van der Waals surface area contributed by atoms with Crippen molar-refractivity contribution in [1.82, 2.24) is 0 Å². The summed E-state index contributed by atoms with van der Waals surface area (Å²) < 4.78 is 0. The van der Waals surface area contributed by atoms with Crippen LogP contribution >= 0.6 is 45.7 Å². The standard InChI is InChI=1S/C2H5Br.Cl2HP/c1-2-3;1-3-2/h2H2,1H3;3H. The van der Waals surface area contributed by atoms with Gasteiger partial charge in [0.1, 0.15) is 0 Å². The van der Waals surface area contributed by atoms with Crippen LogP contribution in [0.25, 0.3) is 0 Å². The van der Waals surface area contributed by atoms with Crippen LogP contribution in [0.5, 0.6) is 0 Å². The Balaban J connectivity index is 0. The Kier molecular flexibility index (Phi) is 28.0. The molecular weight excluding hydrogens is 206 g/mol. The van der Waals surface area contributed by atoms with E-state index in [1.807, 2.05) is 6.92 Å². The molecule has 0 rings (SSSR count). The van der Waals surface area contributed by atoms with Gasteiger partial charge in [0.25, 0.3) is 0 Å². The van der Waals surface area contributed by atoms with Crippen molar-refractivity contribution in [3.05, 3.63) is 0 Å². The zero-order chi connectivity index (χ0) is 5.41. The highest BCUT2D eigenvalue weighted by molar-refractivity contribution is 9.09. The molecule has 0 aliphatic rings. The Bertz CT molecular complexity index is 13.5. The van der Waals surface area contributed by atoms with E-state index in [1.165, 1.54) is 0 Å². The van der Waals surface area contributed by atoms with Gasteiger partial charge < -0.3 is 0 Å². The van der Waals surface area contributed by atoms with E-state index in [0.717, 1.165) is 5.33 Å². The maximum absolute atomic E-state index is 4.79. The van der Waals surface area contributed by atoms with Gasteiger partial charge in [-0.2, -0.15) is 0 Å². The SMILES string of the molecule is CCBr.ClPCl. The van der Waals surface area contributed by atoms with Gasteiger partial charge in [-0.1, -0.05) is 45.3 Å². The molecule has 0 radical (unpaired) electrons. The number of hydrogen-bond acceptors (Lipinski definition) is 0. The first-order valence-electron chi connectivity index (χ1n) is 1.35. The Hall–Kier alpha value is 1.49. The first-order valence-corrected chi connectivity index (χ1v) is 5.50. The first kappa shape index (κ1) is 10.5. The molecule has 0 saturated heterocycles. The van der Waals surface area contributed by atoms with Crippen molar-refractivity contribution in [1.29, 1.82) is 0 Å². The fourth-order valence-corrected chi connectivity index (χ4v) is 0. The van der Waals surface area contributed by atoms with Crippen molar-refractivity contribution in [2.24, 2.45) is 0 Å². The van der Waals surface area contributed by atoms with Crippen LogP contribution in [0.15, 0.2) is 0 Å². The van der Waals surface area contributed by atoms with E-state index in [4.69, 9.17) is 22.5 Å². The van der Waals surface area contributed by atoms with Gasteiger partial charge in [0.2, 0.25) is 0 Å². The van der Waals surface area contributed by atoms with Crippen molar-refractivity contribution in [2.45, 2.75) is 6.92 Å². The average molecular weight is 212 g/mol. The zero-order valence-corrected chi connectivity index (χ0v) is 7.44. The van der Waals surface area contributed by atoms with Crippen LogP contribution in [0, 0.1) is 0 Å². The molecule has 0 N–H and O–H groups in total. The number of hydrogen-bond donors (Lipinski definition) is 0. The van der Waals surface area contributed by atoms with Crippen LogP contribution in [0.2, 0.25) is 0 Å². The predicted octanol–water partition coefficient (Wildman–Crippen LogP) is 3.37. The number of halogens is 3. The van der Waals surface area contributed by atoms with Crippen LogP contribution in [0.3, 0.4) is 0 Å². The van der Waals surface area contributed by atoms with E-state index in [1.54, 1.807) is 0 Å². The molecule has 0 aliphatic carbocycles. The molecule has 0 aromatic heterocycles. The lowest BCUT2D eigenvalue weighted by Gasteiger charge is -1.45. The molecule has 0 atom stereocenters. The van der Waals surface area contributed by atoms with E-state index < -0.39 is 0 Å². The second-order valence-electron chi connectivity index (χ2n) is 0.339. The van der Waals surface area contributed by atoms with Gasteiger partial charge in [0, 0.05) is 5.33 Å². The zero-order valence-electron chi connectivity index (χ0n) is 3.34. The third kappa shape index (κ3) is 49.9. The summed E-state index contributed by atoms with van der Waals surface area (Å²) in [5.41, 5.74) is 0. The fourth-order valence-electron chi connectivity index (χ4n) is 0. The molecule has 0 nitrogen and oxygen atoms in total. The van der Waals surface area contributed by atoms with Crippen LogP contribution < -0.4 is 0 Å². The topological polar surface area (TPSA) is 0 Å². The Morgan fingerprint density at radius 1 is 1.67 bits per heavy atom. The molecular formula is C2H6BrCl2P. The van der Waals surface area contributed by atoms with Gasteiger partial charge >= 0.3 is 0 Å². The molecule has 6 heavy (non-hydrogen) atoms. The van der Waals surface area contributed by atoms with E-state index >= 15 is 0 Å². The molecule has 0 bridgehead atoms. The van der Waals surface area contributed by atoms with Crippen molar-refractivity contribution in [3.63, 3.8) is 0 Å². The van der Waals surface area contributed by atoms with E-state index in [-0.39, 0.29) is 7.29 Å². The lowest BCUT2D eigenvalue weighted by molar-refractivity contribution is 1.56. The summed E-state index contributed by atoms with van der Waals surface area (Å²) in [5.74, 6) is 0. The first-order chi connectivity index (χ1) is 2.83. The molecule has 0 unspecified atom stereocenters. The molecule has 40 valence electrons. The molecule has 0 aliphatic heterocycles. The maximum Gasteiger partial charge on any atom is 0.0713 e. The molecule has 0 aromatic rings. The maximum atomic E-state index is 4.79. The van der Waals surface area contributed by atoms with Gasteiger partial charge in [0.05, 0.1) is 7.29 Å². The second-order valence-corrected chi connectivity index (χ2v) is 3.32. The molecule has 0 amide bonds. The second kappa shape index (κ2) is 16.1. The van der Waals surface area contributed by atoms with Crippen molar-refractivity contribution in [2.75, 3.05) is 5.33 Å². The van der Waals surface area contributed by atoms with Crippen molar-refractivity contribution < 1.29 is 0 Å². The van der Waals surface area contributed by atoms with Crippen LogP contribution in [-0.2, 0) is 0 Å². The Morgan fingerprint density at radius 3 is 1.67 bits per heavy atom. The van der Waals surface area contributed by atoms with Gasteiger partial charge in [-0.05, 0) is 0 Å². The molecule has 0 spiro atoms. The summed E-state index contributed by atoms with van der Waals surface area (Å²) in [6, 6.07) is 0. The third-order valence-corrected chi connectivity index (χ3v) is 0. The molecule has 0 aromatic carbocycles. The van der Waals surface area contributed by atoms with Gasteiger partial charge in [-0.25, -0.2) is 0 Å². The molecule has 4 heteroatoms. The summed E-state index contributed by atoms with van der Waals surface area (Å²) in [5, 5.41) is 1.06. The van der Waals surface area contributed by atoms with Crippen LogP contribution in [-0.4, -0.2) is 5.33 Å². The Labute approximate surface area is 58.1 Å². The van der Waals surface area contributed by atoms with Crippen molar-refractivity contribution in [3.8, 4) is 0 Å². The Morgan fingerprint density at radius 2 is 1.67 bits per heavy atom. The van der Waals surface area contributed by atoms with E-state index in [0.29, 0.717) is 0 Å². The summed E-state index contributed by atoms with van der Waals surface area (Å²) in [7, 11) is 0.0278. The average Bonchev–Trinajstić information content (AvgIpc) is 1.39. The predicted molar refractivity (Wildman–Crippen MR) is 39.5 cm³/mol.